The van der Waals surface area contributed by atoms with Crippen molar-refractivity contribution in [2.24, 2.45) is 5.73 Å². The zero-order valence-corrected chi connectivity index (χ0v) is 17.1. The summed E-state index contributed by atoms with van der Waals surface area (Å²) in [5, 5.41) is 8.81. The molecule has 0 saturated carbocycles. The first-order chi connectivity index (χ1) is 15.5. The van der Waals surface area contributed by atoms with Crippen LogP contribution in [0.5, 0.6) is 0 Å². The highest BCUT2D eigenvalue weighted by Gasteiger charge is 2.21. The zero-order valence-electron chi connectivity index (χ0n) is 17.1. The largest absolute Gasteiger partial charge is 0.380 e. The minimum Gasteiger partial charge on any atom is -0.380 e. The van der Waals surface area contributed by atoms with Crippen LogP contribution in [-0.4, -0.2) is 39.9 Å². The number of aromatic nitrogens is 2. The number of halogens is 1. The second-order valence-corrected chi connectivity index (χ2v) is 7.28. The highest BCUT2D eigenvalue weighted by atomic mass is 19.1. The Hall–Kier alpha value is -4.21. The highest BCUT2D eigenvalue weighted by molar-refractivity contribution is 5.98. The fourth-order valence-electron chi connectivity index (χ4n) is 3.13. The Bertz CT molecular complexity index is 1140. The smallest absolute Gasteiger partial charge is 0.321 e. The van der Waals surface area contributed by atoms with Gasteiger partial charge in [-0.15, -0.1) is 0 Å². The van der Waals surface area contributed by atoms with Gasteiger partial charge in [-0.1, -0.05) is 6.07 Å². The second kappa shape index (κ2) is 9.29. The Morgan fingerprint density at radius 3 is 2.66 bits per heavy atom. The Kier molecular flexibility index (Phi) is 6.11. The van der Waals surface area contributed by atoms with Gasteiger partial charge in [-0.05, 0) is 36.2 Å². The molecule has 0 unspecified atom stereocenters. The van der Waals surface area contributed by atoms with E-state index in [2.05, 4.69) is 25.9 Å². The van der Waals surface area contributed by atoms with Crippen molar-refractivity contribution in [3.05, 3.63) is 71.9 Å². The topological polar surface area (TPSA) is 125 Å². The zero-order chi connectivity index (χ0) is 22.5. The first-order valence-corrected chi connectivity index (χ1v) is 10.0. The molecular formula is C22H22FN7O2. The molecule has 1 fully saturated rings. The molecule has 3 heterocycles. The first-order valence-electron chi connectivity index (χ1n) is 10.0. The molecule has 1 aromatic carbocycles. The van der Waals surface area contributed by atoms with Crippen LogP contribution in [0.3, 0.4) is 0 Å². The minimum atomic E-state index is -0.615. The number of anilines is 4. The summed E-state index contributed by atoms with van der Waals surface area (Å²) in [7, 11) is 0. The van der Waals surface area contributed by atoms with E-state index in [9.17, 15) is 14.0 Å². The maximum absolute atomic E-state index is 14.2. The number of likely N-dealkylation sites (tertiary alicyclic amines) is 1. The molecule has 164 valence electrons. The molecule has 1 aliphatic heterocycles. The van der Waals surface area contributed by atoms with Crippen LogP contribution in [0.4, 0.5) is 32.1 Å². The first kappa shape index (κ1) is 21.0. The van der Waals surface area contributed by atoms with E-state index in [1.165, 1.54) is 24.4 Å². The molecule has 0 aliphatic carbocycles. The summed E-state index contributed by atoms with van der Waals surface area (Å²) in [4.78, 5) is 33.8. The third kappa shape index (κ3) is 4.91. The number of carbonyl (C=O) groups excluding carboxylic acids is 2. The maximum Gasteiger partial charge on any atom is 0.321 e. The molecule has 0 atom stereocenters. The molecular weight excluding hydrogens is 413 g/mol. The van der Waals surface area contributed by atoms with Gasteiger partial charge in [0.2, 0.25) is 0 Å². The van der Waals surface area contributed by atoms with Crippen LogP contribution >= 0.6 is 0 Å². The number of hydrogen-bond acceptors (Lipinski definition) is 6. The molecule has 0 bridgehead atoms. The van der Waals surface area contributed by atoms with Crippen molar-refractivity contribution < 1.29 is 14.0 Å². The lowest BCUT2D eigenvalue weighted by atomic mass is 10.2. The summed E-state index contributed by atoms with van der Waals surface area (Å²) in [6.07, 6.45) is 5.70. The van der Waals surface area contributed by atoms with E-state index in [-0.39, 0.29) is 17.3 Å². The molecule has 4 rings (SSSR count). The number of carbonyl (C=O) groups is 2. The monoisotopic (exact) mass is 435 g/mol. The molecule has 1 saturated heterocycles. The number of hydrogen-bond donors (Lipinski definition) is 4. The van der Waals surface area contributed by atoms with Crippen molar-refractivity contribution in [3.63, 3.8) is 0 Å². The molecule has 9 nitrogen and oxygen atoms in total. The Balaban J connectivity index is 1.51. The van der Waals surface area contributed by atoms with Crippen LogP contribution < -0.4 is 21.7 Å². The van der Waals surface area contributed by atoms with Gasteiger partial charge in [0, 0.05) is 50.0 Å². The lowest BCUT2D eigenvalue weighted by Gasteiger charge is -2.30. The van der Waals surface area contributed by atoms with Gasteiger partial charge < -0.3 is 26.6 Å². The summed E-state index contributed by atoms with van der Waals surface area (Å²) in [5.74, 6) is -0.744. The van der Waals surface area contributed by atoms with Crippen molar-refractivity contribution in [1.29, 1.82) is 0 Å². The minimum absolute atomic E-state index is 0.0654. The van der Waals surface area contributed by atoms with Crippen LogP contribution in [0.25, 0.3) is 0 Å². The highest BCUT2D eigenvalue weighted by Crippen LogP contribution is 2.25. The summed E-state index contributed by atoms with van der Waals surface area (Å²) in [6, 6.07) is 9.29. The number of primary amides is 1. The molecule has 32 heavy (non-hydrogen) atoms. The third-order valence-electron chi connectivity index (χ3n) is 5.00. The number of nitrogens with zero attached hydrogens (tertiary/aromatic N) is 3. The van der Waals surface area contributed by atoms with Crippen LogP contribution in [0, 0.1) is 5.82 Å². The number of benzene rings is 1. The number of nitrogens with two attached hydrogens (primary N) is 1. The van der Waals surface area contributed by atoms with Crippen LogP contribution in [-0.2, 0) is 6.54 Å². The average Bonchev–Trinajstić information content (AvgIpc) is 2.74. The molecule has 3 aromatic rings. The summed E-state index contributed by atoms with van der Waals surface area (Å²) in [5.41, 5.74) is 7.71. The summed E-state index contributed by atoms with van der Waals surface area (Å²) >= 11 is 0. The molecule has 0 radical (unpaired) electrons. The van der Waals surface area contributed by atoms with E-state index in [4.69, 9.17) is 5.73 Å². The van der Waals surface area contributed by atoms with E-state index in [1.807, 2.05) is 12.1 Å². The van der Waals surface area contributed by atoms with Crippen molar-refractivity contribution in [2.45, 2.75) is 13.0 Å². The van der Waals surface area contributed by atoms with Gasteiger partial charge in [-0.25, -0.2) is 14.2 Å². The Morgan fingerprint density at radius 1 is 1.12 bits per heavy atom. The van der Waals surface area contributed by atoms with Crippen molar-refractivity contribution in [3.8, 4) is 0 Å². The molecule has 2 aromatic heterocycles. The quantitative estimate of drug-likeness (QED) is 0.451. The van der Waals surface area contributed by atoms with E-state index in [0.29, 0.717) is 36.8 Å². The fraction of sp³-hybridized carbons (Fsp3) is 0.182. The van der Waals surface area contributed by atoms with Crippen molar-refractivity contribution in [1.82, 2.24) is 14.9 Å². The molecule has 3 amide bonds. The Morgan fingerprint density at radius 2 is 1.97 bits per heavy atom. The Labute approximate surface area is 183 Å². The average molecular weight is 435 g/mol. The maximum atomic E-state index is 14.2. The van der Waals surface area contributed by atoms with E-state index >= 15 is 0 Å². The second-order valence-electron chi connectivity index (χ2n) is 7.28. The number of pyridine rings is 2. The summed E-state index contributed by atoms with van der Waals surface area (Å²) in [6.45, 7) is 1.76. The number of nitrogens with one attached hydrogen (secondary N) is 3. The number of amides is 3. The van der Waals surface area contributed by atoms with Gasteiger partial charge in [-0.3, -0.25) is 9.78 Å². The molecule has 5 N–H and O–H groups in total. The predicted molar refractivity (Wildman–Crippen MR) is 119 cm³/mol. The molecule has 10 heteroatoms. The summed E-state index contributed by atoms with van der Waals surface area (Å²) < 4.78 is 14.2. The van der Waals surface area contributed by atoms with Crippen LogP contribution in [0.15, 0.2) is 55.0 Å². The van der Waals surface area contributed by atoms with Crippen LogP contribution in [0.1, 0.15) is 22.3 Å². The fourth-order valence-corrected chi connectivity index (χ4v) is 3.13. The predicted octanol–water partition coefficient (Wildman–Crippen LogP) is 3.31. The standard InChI is InChI=1S/C22H22FN7O2/c23-17-5-4-15(9-19(17)29-22(32)30-7-2-8-30)28-20-10-18(16(13-27-20)21(24)31)26-12-14-3-1-6-25-11-14/h1,3-6,9-11,13H,2,7-8,12H2,(H2,24,31)(H,29,32)(H2,26,27,28). The molecule has 1 aliphatic rings. The number of urea groups is 1. The SMILES string of the molecule is NC(=O)c1cnc(Nc2ccc(F)c(NC(=O)N3CCC3)c2)cc1NCc1cccnc1. The van der Waals surface area contributed by atoms with E-state index in [0.717, 1.165) is 12.0 Å². The lowest BCUT2D eigenvalue weighted by molar-refractivity contribution is 0.100. The van der Waals surface area contributed by atoms with Gasteiger partial charge in [-0.2, -0.15) is 0 Å². The molecule has 0 spiro atoms. The van der Waals surface area contributed by atoms with Gasteiger partial charge in [0.25, 0.3) is 5.91 Å². The van der Waals surface area contributed by atoms with Crippen molar-refractivity contribution in [2.75, 3.05) is 29.0 Å². The van der Waals surface area contributed by atoms with Gasteiger partial charge in [0.15, 0.2) is 0 Å². The van der Waals surface area contributed by atoms with Crippen LogP contribution in [0.2, 0.25) is 0 Å². The third-order valence-corrected chi connectivity index (χ3v) is 5.00. The van der Waals surface area contributed by atoms with E-state index in [1.54, 1.807) is 23.4 Å². The normalized spacial score (nSPS) is 12.6. The number of rotatable bonds is 7. The van der Waals surface area contributed by atoms with Gasteiger partial charge >= 0.3 is 6.03 Å². The van der Waals surface area contributed by atoms with Gasteiger partial charge in [0.1, 0.15) is 11.6 Å². The van der Waals surface area contributed by atoms with Crippen molar-refractivity contribution >= 4 is 34.8 Å². The van der Waals surface area contributed by atoms with Gasteiger partial charge in [0.05, 0.1) is 16.9 Å². The lowest BCUT2D eigenvalue weighted by Crippen LogP contribution is -2.44. The van der Waals surface area contributed by atoms with E-state index < -0.39 is 11.7 Å².